The van der Waals surface area contributed by atoms with Gasteiger partial charge in [-0.3, -0.25) is 14.4 Å². The first-order chi connectivity index (χ1) is 13.9. The molecule has 0 unspecified atom stereocenters. The van der Waals surface area contributed by atoms with E-state index in [2.05, 4.69) is 10.6 Å². The summed E-state index contributed by atoms with van der Waals surface area (Å²) >= 11 is 1.02. The quantitative estimate of drug-likeness (QED) is 0.388. The molecule has 2 aromatic carbocycles. The molecule has 9 heteroatoms. The van der Waals surface area contributed by atoms with Crippen LogP contribution in [0.25, 0.3) is 0 Å². The Hall–Kier alpha value is -3.51. The van der Waals surface area contributed by atoms with E-state index in [1.807, 2.05) is 5.40 Å². The van der Waals surface area contributed by atoms with E-state index in [9.17, 15) is 14.4 Å². The zero-order valence-corrected chi connectivity index (χ0v) is 16.7. The van der Waals surface area contributed by atoms with Crippen molar-refractivity contribution in [3.05, 3.63) is 53.6 Å². The largest absolute Gasteiger partial charge is 0.497 e. The second kappa shape index (κ2) is 10.7. The van der Waals surface area contributed by atoms with Crippen LogP contribution in [0.5, 0.6) is 5.75 Å². The third-order valence-corrected chi connectivity index (χ3v) is 4.33. The molecule has 0 atom stereocenters. The number of benzene rings is 2. The molecule has 0 heterocycles. The topological polar surface area (TPSA) is 118 Å². The minimum Gasteiger partial charge on any atom is -0.497 e. The van der Waals surface area contributed by atoms with Crippen LogP contribution in [0.3, 0.4) is 0 Å². The van der Waals surface area contributed by atoms with Crippen molar-refractivity contribution in [1.29, 1.82) is 5.26 Å². The van der Waals surface area contributed by atoms with Gasteiger partial charge < -0.3 is 20.1 Å². The molecule has 0 aliphatic rings. The van der Waals surface area contributed by atoms with E-state index in [0.717, 1.165) is 22.2 Å². The summed E-state index contributed by atoms with van der Waals surface area (Å²) in [4.78, 5) is 36.4. The average Bonchev–Trinajstić information content (AvgIpc) is 2.72. The predicted molar refractivity (Wildman–Crippen MR) is 108 cm³/mol. The maximum absolute atomic E-state index is 12.0. The molecule has 8 nitrogen and oxygen atoms in total. The van der Waals surface area contributed by atoms with E-state index >= 15 is 0 Å². The van der Waals surface area contributed by atoms with Gasteiger partial charge in [-0.1, -0.05) is 0 Å². The molecule has 0 saturated carbocycles. The molecule has 150 valence electrons. The van der Waals surface area contributed by atoms with Crippen molar-refractivity contribution in [3.8, 4) is 11.2 Å². The molecule has 0 spiro atoms. The van der Waals surface area contributed by atoms with Crippen LogP contribution in [-0.4, -0.2) is 38.0 Å². The number of nitrogens with one attached hydrogen (secondary N) is 2. The van der Waals surface area contributed by atoms with E-state index in [-0.39, 0.29) is 6.54 Å². The highest BCUT2D eigenvalue weighted by atomic mass is 32.2. The van der Waals surface area contributed by atoms with Crippen LogP contribution in [-0.2, 0) is 14.3 Å². The summed E-state index contributed by atoms with van der Waals surface area (Å²) in [6.45, 7) is 0.945. The molecule has 2 N–H and O–H groups in total. The summed E-state index contributed by atoms with van der Waals surface area (Å²) < 4.78 is 9.88. The van der Waals surface area contributed by atoms with Crippen LogP contribution in [0.1, 0.15) is 15.9 Å². The van der Waals surface area contributed by atoms with Crippen molar-refractivity contribution in [2.75, 3.05) is 25.6 Å². The van der Waals surface area contributed by atoms with E-state index in [4.69, 9.17) is 14.7 Å². The number of carbonyl (C=O) groups is 3. The Morgan fingerprint density at radius 1 is 1.14 bits per heavy atom. The minimum absolute atomic E-state index is 0.364. The highest BCUT2D eigenvalue weighted by molar-refractivity contribution is 8.03. The van der Waals surface area contributed by atoms with E-state index in [1.54, 1.807) is 49.4 Å². The molecular weight excluding hydrogens is 394 g/mol. The number of anilines is 1. The molecule has 0 aromatic heterocycles. The standard InChI is InChI=1S/C20H19N3O5S/c1-13-9-16(29-12-21)7-8-17(13)23-18(24)11-28-19(25)10-22-20(26)14-3-5-15(27-2)6-4-14/h3-9H,10-11H2,1-2H3,(H,22,26)(H,23,24). The predicted octanol–water partition coefficient (Wildman–Crippen LogP) is 2.49. The number of aryl methyl sites for hydroxylation is 1. The lowest BCUT2D eigenvalue weighted by atomic mass is 10.2. The fourth-order valence-corrected chi connectivity index (χ4v) is 2.75. The molecule has 0 bridgehead atoms. The molecule has 0 radical (unpaired) electrons. The van der Waals surface area contributed by atoms with Gasteiger partial charge in [0.2, 0.25) is 0 Å². The monoisotopic (exact) mass is 413 g/mol. The van der Waals surface area contributed by atoms with Crippen LogP contribution in [0, 0.1) is 17.6 Å². The van der Waals surface area contributed by atoms with Gasteiger partial charge in [0, 0.05) is 16.1 Å². The number of nitrogens with zero attached hydrogens (tertiary/aromatic N) is 1. The van der Waals surface area contributed by atoms with Gasteiger partial charge in [0.1, 0.15) is 17.7 Å². The van der Waals surface area contributed by atoms with Crippen molar-refractivity contribution in [2.45, 2.75) is 11.8 Å². The van der Waals surface area contributed by atoms with Gasteiger partial charge in [-0.2, -0.15) is 5.26 Å². The third-order valence-electron chi connectivity index (χ3n) is 3.75. The van der Waals surface area contributed by atoms with Gasteiger partial charge in [0.25, 0.3) is 11.8 Å². The van der Waals surface area contributed by atoms with Crippen LogP contribution in [0.2, 0.25) is 0 Å². The Labute approximate surface area is 172 Å². The summed E-state index contributed by atoms with van der Waals surface area (Å²) in [5, 5.41) is 15.7. The Bertz CT molecular complexity index is 938. The van der Waals surface area contributed by atoms with Crippen LogP contribution in [0.4, 0.5) is 5.69 Å². The Balaban J connectivity index is 1.76. The first-order valence-electron chi connectivity index (χ1n) is 8.47. The Morgan fingerprint density at radius 3 is 2.48 bits per heavy atom. The van der Waals surface area contributed by atoms with E-state index < -0.39 is 24.4 Å². The Kier molecular flexibility index (Phi) is 8.06. The second-order valence-electron chi connectivity index (χ2n) is 5.79. The molecule has 2 aromatic rings. The number of carbonyl (C=O) groups excluding carboxylic acids is 3. The van der Waals surface area contributed by atoms with E-state index in [1.165, 1.54) is 7.11 Å². The number of ether oxygens (including phenoxy) is 2. The molecule has 29 heavy (non-hydrogen) atoms. The Morgan fingerprint density at radius 2 is 1.86 bits per heavy atom. The summed E-state index contributed by atoms with van der Waals surface area (Å²) in [5.74, 6) is -1.08. The first-order valence-corrected chi connectivity index (χ1v) is 9.29. The van der Waals surface area contributed by atoms with Crippen molar-refractivity contribution in [2.24, 2.45) is 0 Å². The van der Waals surface area contributed by atoms with Crippen molar-refractivity contribution in [1.82, 2.24) is 5.32 Å². The normalized spacial score (nSPS) is 9.83. The molecule has 0 aliphatic carbocycles. The fraction of sp³-hybridized carbons (Fsp3) is 0.200. The summed E-state index contributed by atoms with van der Waals surface area (Å²) in [5.41, 5.74) is 1.70. The number of esters is 1. The number of hydrogen-bond acceptors (Lipinski definition) is 7. The minimum atomic E-state index is -0.737. The second-order valence-corrected chi connectivity index (χ2v) is 6.65. The van der Waals surface area contributed by atoms with E-state index in [0.29, 0.717) is 17.0 Å². The summed E-state index contributed by atoms with van der Waals surface area (Å²) in [6.07, 6.45) is 0. The number of hydrogen-bond donors (Lipinski definition) is 2. The van der Waals surface area contributed by atoms with Gasteiger partial charge in [-0.25, -0.2) is 0 Å². The average molecular weight is 413 g/mol. The van der Waals surface area contributed by atoms with Crippen LogP contribution >= 0.6 is 11.8 Å². The lowest BCUT2D eigenvalue weighted by Crippen LogP contribution is -2.32. The van der Waals surface area contributed by atoms with Gasteiger partial charge in [0.05, 0.1) is 7.11 Å². The fourth-order valence-electron chi connectivity index (χ4n) is 2.27. The lowest BCUT2D eigenvalue weighted by molar-refractivity contribution is -0.146. The molecular formula is C20H19N3O5S. The van der Waals surface area contributed by atoms with Crippen molar-refractivity contribution in [3.63, 3.8) is 0 Å². The molecule has 0 fully saturated rings. The highest BCUT2D eigenvalue weighted by Crippen LogP contribution is 2.23. The SMILES string of the molecule is COc1ccc(C(=O)NCC(=O)OCC(=O)Nc2ccc(SC#N)cc2C)cc1. The maximum Gasteiger partial charge on any atom is 0.325 e. The van der Waals surface area contributed by atoms with Gasteiger partial charge in [-0.15, -0.1) is 0 Å². The summed E-state index contributed by atoms with van der Waals surface area (Å²) in [6, 6.07) is 11.5. The van der Waals surface area contributed by atoms with Crippen LogP contribution in [0.15, 0.2) is 47.4 Å². The number of amides is 2. The van der Waals surface area contributed by atoms with Gasteiger partial charge >= 0.3 is 5.97 Å². The van der Waals surface area contributed by atoms with Crippen LogP contribution < -0.4 is 15.4 Å². The third kappa shape index (κ3) is 6.86. The zero-order valence-electron chi connectivity index (χ0n) is 15.9. The molecule has 2 amide bonds. The smallest absolute Gasteiger partial charge is 0.325 e. The van der Waals surface area contributed by atoms with Crippen molar-refractivity contribution < 1.29 is 23.9 Å². The van der Waals surface area contributed by atoms with Gasteiger partial charge in [0.15, 0.2) is 6.61 Å². The number of rotatable bonds is 8. The summed E-state index contributed by atoms with van der Waals surface area (Å²) in [7, 11) is 1.52. The zero-order chi connectivity index (χ0) is 21.2. The highest BCUT2D eigenvalue weighted by Gasteiger charge is 2.12. The molecule has 2 rings (SSSR count). The van der Waals surface area contributed by atoms with Crippen molar-refractivity contribution >= 4 is 35.2 Å². The number of thiocyanates is 1. The number of methoxy groups -OCH3 is 1. The van der Waals surface area contributed by atoms with Gasteiger partial charge in [-0.05, 0) is 66.7 Å². The lowest BCUT2D eigenvalue weighted by Gasteiger charge is -2.10. The molecule has 0 saturated heterocycles. The maximum atomic E-state index is 12.0. The number of nitriles is 1. The number of thioether (sulfide) groups is 1. The molecule has 0 aliphatic heterocycles. The first kappa shape index (κ1) is 21.8.